The van der Waals surface area contributed by atoms with Crippen molar-refractivity contribution >= 4 is 29.3 Å². The number of carbonyl (C=O) groups excluding carboxylic acids is 1. The molecular weight excluding hydrogens is 356 g/mol. The largest absolute Gasteiger partial charge is 0.342 e. The molecule has 5 nitrogen and oxygen atoms in total. The van der Waals surface area contributed by atoms with Gasteiger partial charge in [-0.25, -0.2) is 0 Å². The SMILES string of the molecule is CCn1c(SCC(=O)N2CCCC(C)C2)nnc1-c1ccc(Cl)cc1. The average molecular weight is 379 g/mol. The molecule has 1 fully saturated rings. The third-order valence-electron chi connectivity index (χ3n) is 4.47. The fourth-order valence-electron chi connectivity index (χ4n) is 3.13. The molecule has 0 aliphatic carbocycles. The molecule has 2 aromatic rings. The lowest BCUT2D eigenvalue weighted by Crippen LogP contribution is -2.40. The van der Waals surface area contributed by atoms with E-state index < -0.39 is 0 Å². The fraction of sp³-hybridized carbons (Fsp3) is 0.500. The third kappa shape index (κ3) is 4.36. The summed E-state index contributed by atoms with van der Waals surface area (Å²) in [4.78, 5) is 14.4. The Morgan fingerprint density at radius 1 is 1.32 bits per heavy atom. The number of likely N-dealkylation sites (tertiary alicyclic amines) is 1. The molecule has 25 heavy (non-hydrogen) atoms. The summed E-state index contributed by atoms with van der Waals surface area (Å²) < 4.78 is 2.04. The standard InChI is InChI=1S/C18H23ClN4OS/c1-3-23-17(14-6-8-15(19)9-7-14)20-21-18(23)25-12-16(24)22-10-4-5-13(2)11-22/h6-9,13H,3-5,10-12H2,1-2H3. The highest BCUT2D eigenvalue weighted by molar-refractivity contribution is 7.99. The van der Waals surface area contributed by atoms with E-state index in [0.29, 0.717) is 16.7 Å². The predicted octanol–water partition coefficient (Wildman–Crippen LogP) is 3.97. The summed E-state index contributed by atoms with van der Waals surface area (Å²) >= 11 is 7.42. The molecule has 0 saturated carbocycles. The maximum atomic E-state index is 12.5. The van der Waals surface area contributed by atoms with Crippen LogP contribution >= 0.6 is 23.4 Å². The first-order valence-corrected chi connectivity index (χ1v) is 10.0. The molecule has 0 radical (unpaired) electrons. The van der Waals surface area contributed by atoms with E-state index >= 15 is 0 Å². The maximum Gasteiger partial charge on any atom is 0.233 e. The van der Waals surface area contributed by atoms with Gasteiger partial charge in [0.2, 0.25) is 5.91 Å². The van der Waals surface area contributed by atoms with Crippen LogP contribution < -0.4 is 0 Å². The number of nitrogens with zero attached hydrogens (tertiary/aromatic N) is 4. The summed E-state index contributed by atoms with van der Waals surface area (Å²) in [7, 11) is 0. The van der Waals surface area contributed by atoms with Crippen molar-refractivity contribution in [2.45, 2.75) is 38.4 Å². The Hall–Kier alpha value is -1.53. The smallest absolute Gasteiger partial charge is 0.233 e. The first-order valence-electron chi connectivity index (χ1n) is 8.68. The quantitative estimate of drug-likeness (QED) is 0.738. The topological polar surface area (TPSA) is 51.0 Å². The Kier molecular flexibility index (Phi) is 6.02. The normalized spacial score (nSPS) is 17.7. The van der Waals surface area contributed by atoms with Gasteiger partial charge in [0.25, 0.3) is 0 Å². The van der Waals surface area contributed by atoms with Crippen LogP contribution in [0.25, 0.3) is 11.4 Å². The molecule has 2 heterocycles. The average Bonchev–Trinajstić information content (AvgIpc) is 3.03. The van der Waals surface area contributed by atoms with E-state index in [0.717, 1.165) is 42.6 Å². The minimum atomic E-state index is 0.190. The third-order valence-corrected chi connectivity index (χ3v) is 5.67. The molecule has 3 rings (SSSR count). The Labute approximate surface area is 157 Å². The number of aromatic nitrogens is 3. The molecule has 1 unspecified atom stereocenters. The highest BCUT2D eigenvalue weighted by Gasteiger charge is 2.22. The number of hydrogen-bond donors (Lipinski definition) is 0. The monoisotopic (exact) mass is 378 g/mol. The zero-order valence-electron chi connectivity index (χ0n) is 14.6. The molecule has 1 atom stereocenters. The molecule has 1 aromatic carbocycles. The first-order chi connectivity index (χ1) is 12.1. The van der Waals surface area contributed by atoms with Crippen molar-refractivity contribution < 1.29 is 4.79 Å². The van der Waals surface area contributed by atoms with Crippen LogP contribution in [-0.4, -0.2) is 44.4 Å². The number of piperidine rings is 1. The van der Waals surface area contributed by atoms with Crippen molar-refractivity contribution in [3.8, 4) is 11.4 Å². The van der Waals surface area contributed by atoms with Gasteiger partial charge in [0.15, 0.2) is 11.0 Å². The molecule has 0 spiro atoms. The van der Waals surface area contributed by atoms with Crippen LogP contribution in [0.15, 0.2) is 29.4 Å². The van der Waals surface area contributed by atoms with Crippen molar-refractivity contribution in [1.82, 2.24) is 19.7 Å². The molecule has 0 bridgehead atoms. The summed E-state index contributed by atoms with van der Waals surface area (Å²) in [5.74, 6) is 2.00. The van der Waals surface area contributed by atoms with Crippen LogP contribution in [0.5, 0.6) is 0 Å². The van der Waals surface area contributed by atoms with Gasteiger partial charge in [0.05, 0.1) is 5.75 Å². The van der Waals surface area contributed by atoms with Gasteiger partial charge in [-0.1, -0.05) is 30.3 Å². The second-order valence-electron chi connectivity index (χ2n) is 6.43. The molecule has 1 aliphatic heterocycles. The number of thioether (sulfide) groups is 1. The second-order valence-corrected chi connectivity index (χ2v) is 7.81. The Bertz CT molecular complexity index is 731. The summed E-state index contributed by atoms with van der Waals surface area (Å²) in [5, 5.41) is 10.1. The summed E-state index contributed by atoms with van der Waals surface area (Å²) in [6.45, 7) is 6.76. The van der Waals surface area contributed by atoms with Gasteiger partial charge in [-0.3, -0.25) is 4.79 Å². The minimum absolute atomic E-state index is 0.190. The van der Waals surface area contributed by atoms with Gasteiger partial charge in [-0.15, -0.1) is 10.2 Å². The lowest BCUT2D eigenvalue weighted by Gasteiger charge is -2.30. The van der Waals surface area contributed by atoms with Crippen molar-refractivity contribution in [3.63, 3.8) is 0 Å². The van der Waals surface area contributed by atoms with Gasteiger partial charge in [0.1, 0.15) is 0 Å². The number of carbonyl (C=O) groups is 1. The minimum Gasteiger partial charge on any atom is -0.342 e. The molecule has 0 N–H and O–H groups in total. The number of rotatable bonds is 5. The van der Waals surface area contributed by atoms with Gasteiger partial charge in [-0.05, 0) is 49.9 Å². The molecule has 7 heteroatoms. The summed E-state index contributed by atoms with van der Waals surface area (Å²) in [6.07, 6.45) is 2.31. The van der Waals surface area contributed by atoms with Crippen molar-refractivity contribution in [2.24, 2.45) is 5.92 Å². The van der Waals surface area contributed by atoms with Gasteiger partial charge in [0, 0.05) is 30.2 Å². The van der Waals surface area contributed by atoms with E-state index in [-0.39, 0.29) is 5.91 Å². The van der Waals surface area contributed by atoms with E-state index in [4.69, 9.17) is 11.6 Å². The Morgan fingerprint density at radius 3 is 2.76 bits per heavy atom. The van der Waals surface area contributed by atoms with Crippen LogP contribution in [0.1, 0.15) is 26.7 Å². The predicted molar refractivity (Wildman–Crippen MR) is 102 cm³/mol. The molecular formula is C18H23ClN4OS. The summed E-state index contributed by atoms with van der Waals surface area (Å²) in [5.41, 5.74) is 0.974. The van der Waals surface area contributed by atoms with Crippen LogP contribution in [0, 0.1) is 5.92 Å². The Balaban J connectivity index is 1.68. The van der Waals surface area contributed by atoms with Crippen LogP contribution in [0.4, 0.5) is 0 Å². The molecule has 1 saturated heterocycles. The number of hydrogen-bond acceptors (Lipinski definition) is 4. The maximum absolute atomic E-state index is 12.5. The molecule has 1 amide bonds. The lowest BCUT2D eigenvalue weighted by atomic mass is 10.0. The van der Waals surface area contributed by atoms with Crippen molar-refractivity contribution in [1.29, 1.82) is 0 Å². The van der Waals surface area contributed by atoms with E-state index in [1.165, 1.54) is 18.2 Å². The first kappa shape index (κ1) is 18.3. The van der Waals surface area contributed by atoms with E-state index in [1.54, 1.807) is 0 Å². The van der Waals surface area contributed by atoms with Gasteiger partial charge < -0.3 is 9.47 Å². The zero-order chi connectivity index (χ0) is 17.8. The molecule has 1 aromatic heterocycles. The summed E-state index contributed by atoms with van der Waals surface area (Å²) in [6, 6.07) is 7.57. The fourth-order valence-corrected chi connectivity index (χ4v) is 4.16. The number of halogens is 1. The van der Waals surface area contributed by atoms with Crippen molar-refractivity contribution in [2.75, 3.05) is 18.8 Å². The van der Waals surface area contributed by atoms with E-state index in [2.05, 4.69) is 24.0 Å². The zero-order valence-corrected chi connectivity index (χ0v) is 16.2. The highest BCUT2D eigenvalue weighted by atomic mass is 35.5. The van der Waals surface area contributed by atoms with Gasteiger partial charge >= 0.3 is 0 Å². The number of amides is 1. The highest BCUT2D eigenvalue weighted by Crippen LogP contribution is 2.26. The number of benzene rings is 1. The van der Waals surface area contributed by atoms with Gasteiger partial charge in [-0.2, -0.15) is 0 Å². The van der Waals surface area contributed by atoms with E-state index in [9.17, 15) is 4.79 Å². The van der Waals surface area contributed by atoms with Crippen LogP contribution in [0.3, 0.4) is 0 Å². The van der Waals surface area contributed by atoms with Crippen LogP contribution in [-0.2, 0) is 11.3 Å². The molecule has 1 aliphatic rings. The second kappa shape index (κ2) is 8.23. The lowest BCUT2D eigenvalue weighted by molar-refractivity contribution is -0.130. The Morgan fingerprint density at radius 2 is 2.08 bits per heavy atom. The molecule has 134 valence electrons. The van der Waals surface area contributed by atoms with Crippen molar-refractivity contribution in [3.05, 3.63) is 29.3 Å². The van der Waals surface area contributed by atoms with Crippen LogP contribution in [0.2, 0.25) is 5.02 Å². The van der Waals surface area contributed by atoms with E-state index in [1.807, 2.05) is 33.7 Å².